The van der Waals surface area contributed by atoms with Gasteiger partial charge in [-0.25, -0.2) is 4.98 Å². The van der Waals surface area contributed by atoms with Gasteiger partial charge < -0.3 is 9.64 Å². The van der Waals surface area contributed by atoms with E-state index in [-0.39, 0.29) is 0 Å². The van der Waals surface area contributed by atoms with Gasteiger partial charge >= 0.3 is 0 Å². The van der Waals surface area contributed by atoms with Gasteiger partial charge in [-0.1, -0.05) is 12.5 Å². The van der Waals surface area contributed by atoms with Crippen molar-refractivity contribution in [1.29, 1.82) is 0 Å². The predicted molar refractivity (Wildman–Crippen MR) is 81.2 cm³/mol. The monoisotopic (exact) mass is 275 g/mol. The van der Waals surface area contributed by atoms with Crippen LogP contribution in [0.4, 0.5) is 5.82 Å². The Labute approximate surface area is 121 Å². The van der Waals surface area contributed by atoms with Crippen LogP contribution in [-0.2, 0) is 4.74 Å². The number of ether oxygens (including phenoxy) is 1. The molecule has 1 aromatic rings. The molecule has 0 aliphatic carbocycles. The number of aromatic nitrogens is 1. The molecule has 0 amide bonds. The predicted octanol–water partition coefficient (Wildman–Crippen LogP) is 2.38. The molecule has 2 saturated heterocycles. The van der Waals surface area contributed by atoms with E-state index in [2.05, 4.69) is 35.9 Å². The minimum atomic E-state index is 0.551. The molecule has 4 nitrogen and oxygen atoms in total. The summed E-state index contributed by atoms with van der Waals surface area (Å²) in [6.07, 6.45) is 3.92. The first kappa shape index (κ1) is 13.8. The van der Waals surface area contributed by atoms with E-state index in [0.717, 1.165) is 32.1 Å². The van der Waals surface area contributed by atoms with E-state index in [1.54, 1.807) is 0 Å². The topological polar surface area (TPSA) is 28.6 Å². The van der Waals surface area contributed by atoms with E-state index in [9.17, 15) is 0 Å². The first-order chi connectivity index (χ1) is 9.75. The SMILES string of the molecule is Cc1nc(N2CCOCC2)ccc1[C@H]1CCCCN1C. The van der Waals surface area contributed by atoms with Gasteiger partial charge in [0, 0.05) is 24.8 Å². The number of anilines is 1. The Kier molecular flexibility index (Phi) is 4.22. The molecule has 110 valence electrons. The molecule has 1 atom stereocenters. The molecule has 2 fully saturated rings. The summed E-state index contributed by atoms with van der Waals surface area (Å²) in [4.78, 5) is 9.65. The van der Waals surface area contributed by atoms with Gasteiger partial charge in [-0.15, -0.1) is 0 Å². The van der Waals surface area contributed by atoms with Crippen molar-refractivity contribution in [3.8, 4) is 0 Å². The second-order valence-corrected chi connectivity index (χ2v) is 5.94. The van der Waals surface area contributed by atoms with Gasteiger partial charge in [-0.05, 0) is 45.0 Å². The van der Waals surface area contributed by atoms with Crippen LogP contribution in [0.2, 0.25) is 0 Å². The molecule has 2 aliphatic heterocycles. The lowest BCUT2D eigenvalue weighted by Crippen LogP contribution is -2.37. The molecule has 0 spiro atoms. The maximum atomic E-state index is 5.41. The molecule has 0 saturated carbocycles. The number of likely N-dealkylation sites (tertiary alicyclic amines) is 1. The van der Waals surface area contributed by atoms with Gasteiger partial charge in [-0.3, -0.25) is 4.90 Å². The zero-order valence-electron chi connectivity index (χ0n) is 12.6. The van der Waals surface area contributed by atoms with Crippen LogP contribution >= 0.6 is 0 Å². The zero-order valence-corrected chi connectivity index (χ0v) is 12.6. The van der Waals surface area contributed by atoms with Crippen LogP contribution in [0.3, 0.4) is 0 Å². The second kappa shape index (κ2) is 6.10. The van der Waals surface area contributed by atoms with Crippen LogP contribution in [-0.4, -0.2) is 49.8 Å². The Morgan fingerprint density at radius 3 is 2.65 bits per heavy atom. The number of morpholine rings is 1. The smallest absolute Gasteiger partial charge is 0.128 e. The summed E-state index contributed by atoms with van der Waals surface area (Å²) in [5.74, 6) is 1.10. The summed E-state index contributed by atoms with van der Waals surface area (Å²) in [5.41, 5.74) is 2.59. The van der Waals surface area contributed by atoms with Crippen LogP contribution in [0.15, 0.2) is 12.1 Å². The first-order valence-electron chi connectivity index (χ1n) is 7.76. The summed E-state index contributed by atoms with van der Waals surface area (Å²) >= 11 is 0. The minimum Gasteiger partial charge on any atom is -0.378 e. The maximum Gasteiger partial charge on any atom is 0.128 e. The summed E-state index contributed by atoms with van der Waals surface area (Å²) in [7, 11) is 2.24. The molecule has 0 bridgehead atoms. The van der Waals surface area contributed by atoms with Crippen LogP contribution in [0.1, 0.15) is 36.6 Å². The lowest BCUT2D eigenvalue weighted by atomic mass is 9.95. The Morgan fingerprint density at radius 2 is 1.95 bits per heavy atom. The van der Waals surface area contributed by atoms with Crippen molar-refractivity contribution in [1.82, 2.24) is 9.88 Å². The Bertz CT molecular complexity index is 457. The third-order valence-corrected chi connectivity index (χ3v) is 4.58. The van der Waals surface area contributed by atoms with Crippen molar-refractivity contribution in [3.05, 3.63) is 23.4 Å². The Hall–Kier alpha value is -1.13. The van der Waals surface area contributed by atoms with Crippen molar-refractivity contribution in [3.63, 3.8) is 0 Å². The third-order valence-electron chi connectivity index (χ3n) is 4.58. The number of piperidine rings is 1. The fourth-order valence-electron chi connectivity index (χ4n) is 3.35. The van der Waals surface area contributed by atoms with E-state index >= 15 is 0 Å². The molecule has 0 aromatic carbocycles. The van der Waals surface area contributed by atoms with Gasteiger partial charge in [-0.2, -0.15) is 0 Å². The molecule has 20 heavy (non-hydrogen) atoms. The summed E-state index contributed by atoms with van der Waals surface area (Å²) < 4.78 is 5.41. The molecule has 3 rings (SSSR count). The highest BCUT2D eigenvalue weighted by Crippen LogP contribution is 2.31. The quantitative estimate of drug-likeness (QED) is 0.828. The van der Waals surface area contributed by atoms with Crippen LogP contribution in [0.5, 0.6) is 0 Å². The lowest BCUT2D eigenvalue weighted by Gasteiger charge is -2.34. The summed E-state index contributed by atoms with van der Waals surface area (Å²) in [6, 6.07) is 5.03. The second-order valence-electron chi connectivity index (χ2n) is 5.94. The Balaban J connectivity index is 1.79. The molecular weight excluding hydrogens is 250 g/mol. The third kappa shape index (κ3) is 2.81. The van der Waals surface area contributed by atoms with E-state index in [1.165, 1.54) is 37.1 Å². The van der Waals surface area contributed by atoms with E-state index < -0.39 is 0 Å². The van der Waals surface area contributed by atoms with Crippen molar-refractivity contribution in [2.45, 2.75) is 32.2 Å². The highest BCUT2D eigenvalue weighted by atomic mass is 16.5. The van der Waals surface area contributed by atoms with Gasteiger partial charge in [0.05, 0.1) is 13.2 Å². The molecule has 0 N–H and O–H groups in total. The van der Waals surface area contributed by atoms with Gasteiger partial charge in [0.15, 0.2) is 0 Å². The number of rotatable bonds is 2. The van der Waals surface area contributed by atoms with Crippen LogP contribution < -0.4 is 4.90 Å². The normalized spacial score (nSPS) is 24.9. The fraction of sp³-hybridized carbons (Fsp3) is 0.688. The van der Waals surface area contributed by atoms with Crippen molar-refractivity contribution in [2.24, 2.45) is 0 Å². The minimum absolute atomic E-state index is 0.551. The number of hydrogen-bond donors (Lipinski definition) is 0. The van der Waals surface area contributed by atoms with Crippen molar-refractivity contribution < 1.29 is 4.74 Å². The van der Waals surface area contributed by atoms with Gasteiger partial charge in [0.2, 0.25) is 0 Å². The molecule has 4 heteroatoms. The van der Waals surface area contributed by atoms with Crippen molar-refractivity contribution in [2.75, 3.05) is 44.8 Å². The molecule has 3 heterocycles. The average molecular weight is 275 g/mol. The molecule has 2 aliphatic rings. The summed E-state index contributed by atoms with van der Waals surface area (Å²) in [6.45, 7) is 6.89. The fourth-order valence-corrected chi connectivity index (χ4v) is 3.35. The standard InChI is InChI=1S/C16H25N3O/c1-13-14(15-5-3-4-8-18(15)2)6-7-16(17-13)19-9-11-20-12-10-19/h6-7,15H,3-5,8-12H2,1-2H3/t15-/m1/s1. The van der Waals surface area contributed by atoms with E-state index in [0.29, 0.717) is 6.04 Å². The maximum absolute atomic E-state index is 5.41. The first-order valence-corrected chi connectivity index (χ1v) is 7.76. The average Bonchev–Trinajstić information content (AvgIpc) is 2.49. The van der Waals surface area contributed by atoms with Crippen molar-refractivity contribution >= 4 is 5.82 Å². The van der Waals surface area contributed by atoms with Crippen LogP contribution in [0, 0.1) is 6.92 Å². The summed E-state index contributed by atoms with van der Waals surface area (Å²) in [5, 5.41) is 0. The highest BCUT2D eigenvalue weighted by Gasteiger charge is 2.23. The zero-order chi connectivity index (χ0) is 13.9. The van der Waals surface area contributed by atoms with Gasteiger partial charge in [0.25, 0.3) is 0 Å². The van der Waals surface area contributed by atoms with Gasteiger partial charge in [0.1, 0.15) is 5.82 Å². The molecule has 1 aromatic heterocycles. The largest absolute Gasteiger partial charge is 0.378 e. The number of hydrogen-bond acceptors (Lipinski definition) is 4. The Morgan fingerprint density at radius 1 is 1.15 bits per heavy atom. The lowest BCUT2D eigenvalue weighted by molar-refractivity contribution is 0.122. The molecule has 0 unspecified atom stereocenters. The number of nitrogens with zero attached hydrogens (tertiary/aromatic N) is 3. The molecule has 0 radical (unpaired) electrons. The highest BCUT2D eigenvalue weighted by molar-refractivity contribution is 5.42. The van der Waals surface area contributed by atoms with E-state index in [1.807, 2.05) is 0 Å². The molecular formula is C16H25N3O. The van der Waals surface area contributed by atoms with Crippen LogP contribution in [0.25, 0.3) is 0 Å². The number of pyridine rings is 1. The van der Waals surface area contributed by atoms with E-state index in [4.69, 9.17) is 9.72 Å². The number of aryl methyl sites for hydroxylation is 1.